The van der Waals surface area contributed by atoms with Crippen LogP contribution in [0.2, 0.25) is 0 Å². The zero-order chi connectivity index (χ0) is 8.15. The van der Waals surface area contributed by atoms with Gasteiger partial charge >= 0.3 is 29.6 Å². The van der Waals surface area contributed by atoms with Crippen molar-refractivity contribution in [2.45, 2.75) is 20.8 Å². The van der Waals surface area contributed by atoms with Crippen LogP contribution in [0.4, 0.5) is 0 Å². The fourth-order valence-corrected chi connectivity index (χ4v) is 1.02. The molecule has 0 aromatic rings. The molecule has 0 aliphatic carbocycles. The van der Waals surface area contributed by atoms with Crippen molar-refractivity contribution in [1.82, 2.24) is 5.32 Å². The SMILES string of the molecule is C/C(=C/C(C)C)NC(=S)[S-].[Na+]. The Labute approximate surface area is 102 Å². The molecule has 0 radical (unpaired) electrons. The first kappa shape index (κ1) is 14.4. The van der Waals surface area contributed by atoms with Crippen LogP contribution >= 0.6 is 12.2 Å². The molecule has 4 heteroatoms. The second-order valence-corrected chi connectivity index (χ2v) is 3.58. The normalized spacial score (nSPS) is 10.7. The Hall–Kier alpha value is 0.850. The summed E-state index contributed by atoms with van der Waals surface area (Å²) in [6.45, 7) is 6.17. The third-order valence-electron chi connectivity index (χ3n) is 0.883. The van der Waals surface area contributed by atoms with Crippen LogP contribution in [0.3, 0.4) is 0 Å². The average Bonchev–Trinajstić information content (AvgIpc) is 1.58. The summed E-state index contributed by atoms with van der Waals surface area (Å²) < 4.78 is 0.411. The number of rotatable bonds is 2. The van der Waals surface area contributed by atoms with Gasteiger partial charge in [-0.25, -0.2) is 0 Å². The number of thiocarbonyl (C=S) groups is 1. The minimum absolute atomic E-state index is 0. The number of hydrogen-bond acceptors (Lipinski definition) is 2. The van der Waals surface area contributed by atoms with E-state index < -0.39 is 0 Å². The van der Waals surface area contributed by atoms with Crippen LogP contribution < -0.4 is 34.9 Å². The second-order valence-electron chi connectivity index (χ2n) is 2.51. The topological polar surface area (TPSA) is 12.0 Å². The summed E-state index contributed by atoms with van der Waals surface area (Å²) in [5, 5.41) is 2.88. The van der Waals surface area contributed by atoms with Gasteiger partial charge in [0, 0.05) is 5.70 Å². The Morgan fingerprint density at radius 1 is 1.55 bits per heavy atom. The van der Waals surface area contributed by atoms with Crippen LogP contribution in [-0.2, 0) is 12.6 Å². The van der Waals surface area contributed by atoms with Crippen LogP contribution in [0.15, 0.2) is 11.8 Å². The molecule has 0 spiro atoms. The first-order valence-electron chi connectivity index (χ1n) is 3.18. The molecule has 0 fully saturated rings. The van der Waals surface area contributed by atoms with Gasteiger partial charge in [-0.2, -0.15) is 0 Å². The van der Waals surface area contributed by atoms with Crippen molar-refractivity contribution < 1.29 is 29.6 Å². The zero-order valence-electron chi connectivity index (χ0n) is 7.47. The number of allylic oxidation sites excluding steroid dienone is 2. The molecule has 58 valence electrons. The molecule has 0 amide bonds. The standard InChI is InChI=1S/C7H13NS2.Na/c1-5(2)4-6(3)8-7(9)10;/h4-5H,1-3H3,(H2,8,9,10);/q;+1/p-1/b6-4-;. The maximum Gasteiger partial charge on any atom is 1.00 e. The van der Waals surface area contributed by atoms with Gasteiger partial charge in [0.15, 0.2) is 0 Å². The van der Waals surface area contributed by atoms with Gasteiger partial charge in [0.05, 0.1) is 0 Å². The third kappa shape index (κ3) is 10.8. The maximum atomic E-state index is 4.69. The van der Waals surface area contributed by atoms with Gasteiger partial charge in [-0.1, -0.05) is 24.2 Å². The van der Waals surface area contributed by atoms with Crippen molar-refractivity contribution in [3.63, 3.8) is 0 Å². The molecule has 0 aliphatic heterocycles. The smallest absolute Gasteiger partial charge is 0.411 e. The molecule has 0 saturated carbocycles. The van der Waals surface area contributed by atoms with Crippen LogP contribution in [-0.4, -0.2) is 4.32 Å². The van der Waals surface area contributed by atoms with E-state index in [4.69, 9.17) is 0 Å². The molecule has 0 aromatic heterocycles. The summed E-state index contributed by atoms with van der Waals surface area (Å²) >= 11 is 9.37. The summed E-state index contributed by atoms with van der Waals surface area (Å²) in [7, 11) is 0. The Kier molecular flexibility index (Phi) is 9.80. The van der Waals surface area contributed by atoms with Crippen molar-refractivity contribution >= 4 is 29.2 Å². The average molecular weight is 197 g/mol. The van der Waals surface area contributed by atoms with Crippen molar-refractivity contribution in [1.29, 1.82) is 0 Å². The predicted octanol–water partition coefficient (Wildman–Crippen LogP) is -1.03. The molecule has 0 aliphatic rings. The Morgan fingerprint density at radius 3 is 2.27 bits per heavy atom. The van der Waals surface area contributed by atoms with E-state index in [0.717, 1.165) is 5.70 Å². The van der Waals surface area contributed by atoms with Gasteiger partial charge in [0.25, 0.3) is 0 Å². The summed E-state index contributed by atoms with van der Waals surface area (Å²) in [6.07, 6.45) is 2.08. The quantitative estimate of drug-likeness (QED) is 0.345. The van der Waals surface area contributed by atoms with Crippen LogP contribution in [0.25, 0.3) is 0 Å². The van der Waals surface area contributed by atoms with Crippen molar-refractivity contribution in [2.75, 3.05) is 0 Å². The molecule has 0 aromatic carbocycles. The van der Waals surface area contributed by atoms with Crippen molar-refractivity contribution in [3.05, 3.63) is 11.8 Å². The first-order valence-corrected chi connectivity index (χ1v) is 4.00. The van der Waals surface area contributed by atoms with E-state index in [-0.39, 0.29) is 29.6 Å². The molecule has 0 heterocycles. The molecule has 0 rings (SSSR count). The van der Waals surface area contributed by atoms with Crippen molar-refractivity contribution in [2.24, 2.45) is 5.92 Å². The molecular weight excluding hydrogens is 185 g/mol. The predicted molar refractivity (Wildman–Crippen MR) is 51.7 cm³/mol. The van der Waals surface area contributed by atoms with E-state index >= 15 is 0 Å². The monoisotopic (exact) mass is 197 g/mol. The van der Waals surface area contributed by atoms with Crippen molar-refractivity contribution in [3.8, 4) is 0 Å². The van der Waals surface area contributed by atoms with E-state index in [1.807, 2.05) is 6.92 Å². The Balaban J connectivity index is 0. The molecule has 1 N–H and O–H groups in total. The van der Waals surface area contributed by atoms with E-state index in [2.05, 4.69) is 50.1 Å². The van der Waals surface area contributed by atoms with E-state index in [1.54, 1.807) is 0 Å². The van der Waals surface area contributed by atoms with Crippen LogP contribution in [0, 0.1) is 5.92 Å². The van der Waals surface area contributed by atoms with Crippen LogP contribution in [0.5, 0.6) is 0 Å². The maximum absolute atomic E-state index is 4.69. The summed E-state index contributed by atoms with van der Waals surface area (Å²) in [4.78, 5) is 0. The minimum Gasteiger partial charge on any atom is -0.411 e. The van der Waals surface area contributed by atoms with E-state index in [1.165, 1.54) is 0 Å². The molecular formula is C7H12NNaS2. The summed E-state index contributed by atoms with van der Waals surface area (Å²) in [6, 6.07) is 0. The fraction of sp³-hybridized carbons (Fsp3) is 0.571. The Bertz CT molecular complexity index is 155. The number of hydrogen-bond donors (Lipinski definition) is 1. The minimum atomic E-state index is 0. The molecule has 11 heavy (non-hydrogen) atoms. The summed E-state index contributed by atoms with van der Waals surface area (Å²) in [5.41, 5.74) is 1.04. The van der Waals surface area contributed by atoms with E-state index in [9.17, 15) is 0 Å². The van der Waals surface area contributed by atoms with Gasteiger partial charge in [-0.3, -0.25) is 0 Å². The molecule has 0 atom stereocenters. The van der Waals surface area contributed by atoms with Crippen LogP contribution in [0.1, 0.15) is 20.8 Å². The number of nitrogens with one attached hydrogen (secondary N) is 1. The zero-order valence-corrected chi connectivity index (χ0v) is 11.1. The first-order chi connectivity index (χ1) is 4.52. The second kappa shape index (κ2) is 7.50. The van der Waals surface area contributed by atoms with Gasteiger partial charge in [-0.15, -0.1) is 0 Å². The Morgan fingerprint density at radius 2 is 2.00 bits per heavy atom. The van der Waals surface area contributed by atoms with Gasteiger partial charge in [0.2, 0.25) is 0 Å². The largest absolute Gasteiger partial charge is 1.00 e. The molecule has 0 bridgehead atoms. The molecule has 1 nitrogen and oxygen atoms in total. The van der Waals surface area contributed by atoms with Gasteiger partial charge in [0.1, 0.15) is 0 Å². The van der Waals surface area contributed by atoms with E-state index in [0.29, 0.717) is 10.2 Å². The molecule has 0 saturated heterocycles. The fourth-order valence-electron chi connectivity index (χ4n) is 0.703. The van der Waals surface area contributed by atoms with Gasteiger partial charge < -0.3 is 30.2 Å². The molecule has 0 unspecified atom stereocenters. The summed E-state index contributed by atoms with van der Waals surface area (Å²) in [5.74, 6) is 0.539. The van der Waals surface area contributed by atoms with Gasteiger partial charge in [-0.05, 0) is 12.8 Å². The third-order valence-corrected chi connectivity index (χ3v) is 1.09.